The number of ether oxygens (including phenoxy) is 1. The van der Waals surface area contributed by atoms with Crippen LogP contribution in [0.15, 0.2) is 53.7 Å². The first-order valence-corrected chi connectivity index (χ1v) is 11.6. The molecule has 0 spiro atoms. The van der Waals surface area contributed by atoms with Crippen molar-refractivity contribution >= 4 is 24.7 Å². The zero-order valence-electron chi connectivity index (χ0n) is 17.4. The third kappa shape index (κ3) is 3.67. The molecular formula is C20H21N6O6P. The van der Waals surface area contributed by atoms with Crippen molar-refractivity contribution in [1.82, 2.24) is 23.9 Å². The lowest BCUT2D eigenvalue weighted by Gasteiger charge is -2.22. The summed E-state index contributed by atoms with van der Waals surface area (Å²) >= 11 is 0. The maximum Gasteiger partial charge on any atom is 0.438 e. The minimum Gasteiger partial charge on any atom is -0.386 e. The predicted octanol–water partition coefficient (Wildman–Crippen LogP) is 1.40. The number of benzene rings is 1. The molecule has 13 heteroatoms. The molecule has 4 aromatic rings. The third-order valence-electron chi connectivity index (χ3n) is 5.51. The van der Waals surface area contributed by atoms with Gasteiger partial charge < -0.3 is 25.0 Å². The van der Waals surface area contributed by atoms with Gasteiger partial charge in [-0.15, -0.1) is 0 Å². The largest absolute Gasteiger partial charge is 0.438 e. The maximum absolute atomic E-state index is 12.7. The van der Waals surface area contributed by atoms with E-state index < -0.39 is 31.7 Å². The normalized spacial score (nSPS) is 22.6. The third-order valence-corrected chi connectivity index (χ3v) is 7.02. The number of aliphatic hydroxyl groups is 1. The zero-order chi connectivity index (χ0) is 23.3. The number of hydrogen-bond donors (Lipinski definition) is 4. The van der Waals surface area contributed by atoms with Gasteiger partial charge in [-0.25, -0.2) is 13.9 Å². The molecule has 0 radical (unpaired) electrons. The lowest BCUT2D eigenvalue weighted by atomic mass is 10.1. The lowest BCUT2D eigenvalue weighted by molar-refractivity contribution is -0.0143. The van der Waals surface area contributed by atoms with Gasteiger partial charge in [0.2, 0.25) is 5.95 Å². The topological polar surface area (TPSA) is 171 Å². The Morgan fingerprint density at radius 3 is 2.79 bits per heavy atom. The molecule has 1 unspecified atom stereocenters. The van der Waals surface area contributed by atoms with Crippen LogP contribution in [0.2, 0.25) is 0 Å². The summed E-state index contributed by atoms with van der Waals surface area (Å²) in [5, 5.41) is 11.2. The van der Waals surface area contributed by atoms with E-state index in [1.807, 2.05) is 30.3 Å². The highest BCUT2D eigenvalue weighted by Gasteiger charge is 2.43. The Bertz CT molecular complexity index is 1430. The van der Waals surface area contributed by atoms with Crippen LogP contribution in [0.3, 0.4) is 0 Å². The van der Waals surface area contributed by atoms with Gasteiger partial charge in [0.05, 0.1) is 12.0 Å². The molecule has 1 fully saturated rings. The molecule has 5 N–H and O–H groups in total. The summed E-state index contributed by atoms with van der Waals surface area (Å²) in [6, 6.07) is 9.19. The fourth-order valence-corrected chi connectivity index (χ4v) is 5.27. The summed E-state index contributed by atoms with van der Waals surface area (Å²) in [5.41, 5.74) is 6.86. The van der Waals surface area contributed by atoms with E-state index in [4.69, 9.17) is 15.0 Å². The highest BCUT2D eigenvalue weighted by Crippen LogP contribution is 2.48. The second-order valence-corrected chi connectivity index (χ2v) is 9.26. The first kappa shape index (κ1) is 21.6. The summed E-state index contributed by atoms with van der Waals surface area (Å²) in [5.74, 6) is 0.191. The molecule has 4 atom stereocenters. The van der Waals surface area contributed by atoms with Gasteiger partial charge in [-0.2, -0.15) is 4.98 Å². The Morgan fingerprint density at radius 1 is 1.33 bits per heavy atom. The monoisotopic (exact) mass is 472 g/mol. The van der Waals surface area contributed by atoms with Crippen LogP contribution < -0.4 is 11.3 Å². The Labute approximate surface area is 186 Å². The maximum atomic E-state index is 12.7. The van der Waals surface area contributed by atoms with Gasteiger partial charge >= 0.3 is 7.75 Å². The van der Waals surface area contributed by atoms with Gasteiger partial charge in [0.25, 0.3) is 5.56 Å². The molecule has 0 amide bonds. The average molecular weight is 472 g/mol. The fraction of sp³-hybridized carbons (Fsp3) is 0.250. The van der Waals surface area contributed by atoms with E-state index >= 15 is 0 Å². The molecule has 3 aromatic heterocycles. The zero-order valence-corrected chi connectivity index (χ0v) is 18.3. The van der Waals surface area contributed by atoms with E-state index in [0.717, 1.165) is 9.90 Å². The van der Waals surface area contributed by atoms with Crippen molar-refractivity contribution in [3.63, 3.8) is 0 Å². The van der Waals surface area contributed by atoms with Gasteiger partial charge in [-0.3, -0.25) is 14.3 Å². The quantitative estimate of drug-likeness (QED) is 0.313. The van der Waals surface area contributed by atoms with Crippen molar-refractivity contribution in [3.05, 3.63) is 65.1 Å². The molecule has 0 aliphatic carbocycles. The number of fused-ring (bicyclic) bond motifs is 1. The Hall–Kier alpha value is -3.28. The van der Waals surface area contributed by atoms with Crippen LogP contribution in [0, 0.1) is 6.92 Å². The number of H-pyrrole nitrogens is 1. The molecular weight excluding hydrogens is 451 g/mol. The van der Waals surface area contributed by atoms with Crippen LogP contribution in [-0.4, -0.2) is 52.7 Å². The van der Waals surface area contributed by atoms with Crippen molar-refractivity contribution in [2.75, 3.05) is 12.3 Å². The first-order chi connectivity index (χ1) is 15.8. The average Bonchev–Trinajstić information content (AvgIpc) is 3.46. The van der Waals surface area contributed by atoms with E-state index in [2.05, 4.69) is 15.0 Å². The Balaban J connectivity index is 1.53. The Morgan fingerprint density at radius 2 is 2.09 bits per heavy atom. The van der Waals surface area contributed by atoms with Crippen LogP contribution in [0.4, 0.5) is 5.95 Å². The second-order valence-electron chi connectivity index (χ2n) is 7.63. The SMILES string of the molecule is Cc1nccn1P(=O)(O)O[C@H]1CO[C@@H](n2cc(-c3ccccc3)c3c(=O)[nH]c(N)nc32)[C@@H]1O. The van der Waals surface area contributed by atoms with Crippen LogP contribution in [-0.2, 0) is 13.8 Å². The fourth-order valence-electron chi connectivity index (χ4n) is 3.98. The number of nitrogen functional groups attached to an aromatic ring is 1. The summed E-state index contributed by atoms with van der Waals surface area (Å²) in [4.78, 5) is 33.8. The van der Waals surface area contributed by atoms with Crippen LogP contribution >= 0.6 is 7.75 Å². The number of aromatic nitrogens is 5. The molecule has 5 rings (SSSR count). The van der Waals surface area contributed by atoms with E-state index in [1.165, 1.54) is 17.0 Å². The number of nitrogens with zero attached hydrogens (tertiary/aromatic N) is 4. The number of rotatable bonds is 5. The lowest BCUT2D eigenvalue weighted by Crippen LogP contribution is -2.30. The van der Waals surface area contributed by atoms with Crippen LogP contribution in [0.1, 0.15) is 12.1 Å². The molecule has 12 nitrogen and oxygen atoms in total. The molecule has 1 saturated heterocycles. The van der Waals surface area contributed by atoms with Gasteiger partial charge in [-0.1, -0.05) is 30.3 Å². The summed E-state index contributed by atoms with van der Waals surface area (Å²) in [6.45, 7) is 1.39. The van der Waals surface area contributed by atoms with Crippen LogP contribution in [0.5, 0.6) is 0 Å². The minimum atomic E-state index is -4.33. The standard InChI is InChI=1S/C20H21N6O6P/c1-11-22-7-8-26(11)33(29,30)32-14-10-31-19(16(14)27)25-9-13(12-5-3-2-4-6-12)15-17(25)23-20(21)24-18(15)28/h2-9,14,16,19,27H,10H2,1H3,(H,29,30)(H3,21,23,24,28)/t14-,16+,19+/m0/s1. The molecule has 1 aromatic carbocycles. The number of imidazole rings is 1. The van der Waals surface area contributed by atoms with E-state index in [1.54, 1.807) is 13.1 Å². The number of aromatic amines is 1. The van der Waals surface area contributed by atoms with Gasteiger partial charge in [0.1, 0.15) is 18.0 Å². The number of hydrogen-bond acceptors (Lipinski definition) is 8. The van der Waals surface area contributed by atoms with E-state index in [-0.39, 0.29) is 29.4 Å². The van der Waals surface area contributed by atoms with E-state index in [0.29, 0.717) is 5.56 Å². The number of aliphatic hydroxyl groups excluding tert-OH is 1. The van der Waals surface area contributed by atoms with Gasteiger partial charge in [0.15, 0.2) is 11.9 Å². The molecule has 1 aliphatic rings. The van der Waals surface area contributed by atoms with Crippen molar-refractivity contribution in [2.24, 2.45) is 0 Å². The second kappa shape index (κ2) is 7.94. The number of anilines is 1. The van der Waals surface area contributed by atoms with Crippen LogP contribution in [0.25, 0.3) is 22.2 Å². The van der Waals surface area contributed by atoms with Crippen molar-refractivity contribution in [3.8, 4) is 11.1 Å². The Kier molecular flexibility index (Phi) is 5.19. The van der Waals surface area contributed by atoms with E-state index in [9.17, 15) is 19.4 Å². The molecule has 33 heavy (non-hydrogen) atoms. The van der Waals surface area contributed by atoms with Crippen molar-refractivity contribution in [2.45, 2.75) is 25.4 Å². The number of nitrogens with one attached hydrogen (secondary N) is 1. The summed E-state index contributed by atoms with van der Waals surface area (Å²) in [6.07, 6.45) is 0.834. The predicted molar refractivity (Wildman–Crippen MR) is 118 cm³/mol. The number of aryl methyl sites for hydroxylation is 1. The molecule has 1 aliphatic heterocycles. The summed E-state index contributed by atoms with van der Waals surface area (Å²) < 4.78 is 26.3. The van der Waals surface area contributed by atoms with Gasteiger partial charge in [0, 0.05) is 24.2 Å². The smallest absolute Gasteiger partial charge is 0.386 e. The molecule has 172 valence electrons. The molecule has 0 saturated carbocycles. The molecule has 0 bridgehead atoms. The molecule has 4 heterocycles. The minimum absolute atomic E-state index is 0.0952. The first-order valence-electron chi connectivity index (χ1n) is 10.0. The van der Waals surface area contributed by atoms with Crippen molar-refractivity contribution in [1.29, 1.82) is 0 Å². The number of nitrogens with two attached hydrogens (primary N) is 1. The van der Waals surface area contributed by atoms with Crippen molar-refractivity contribution < 1.29 is 23.8 Å². The highest BCUT2D eigenvalue weighted by atomic mass is 31.2. The highest BCUT2D eigenvalue weighted by molar-refractivity contribution is 7.51. The summed E-state index contributed by atoms with van der Waals surface area (Å²) in [7, 11) is -4.33. The van der Waals surface area contributed by atoms with Gasteiger partial charge in [-0.05, 0) is 12.5 Å².